The normalized spacial score (nSPS) is 15.2. The Bertz CT molecular complexity index is 637. The third-order valence-corrected chi connectivity index (χ3v) is 4.29. The van der Waals surface area contributed by atoms with Gasteiger partial charge >= 0.3 is 0 Å². The quantitative estimate of drug-likeness (QED) is 0.700. The van der Waals surface area contributed by atoms with Gasteiger partial charge in [-0.3, -0.25) is 0 Å². The van der Waals surface area contributed by atoms with Crippen molar-refractivity contribution in [3.05, 3.63) is 70.3 Å². The summed E-state index contributed by atoms with van der Waals surface area (Å²) in [5.74, 6) is -1.64. The van der Waals surface area contributed by atoms with E-state index in [9.17, 15) is 8.78 Å². The van der Waals surface area contributed by atoms with Crippen LogP contribution in [0.4, 0.5) is 8.78 Å². The van der Waals surface area contributed by atoms with E-state index in [2.05, 4.69) is 12.1 Å². The van der Waals surface area contributed by atoms with Crippen molar-refractivity contribution < 1.29 is 8.78 Å². The monoisotopic (exact) mass is 292 g/mol. The predicted octanol–water partition coefficient (Wildman–Crippen LogP) is 4.98. The van der Waals surface area contributed by atoms with Crippen LogP contribution in [0.25, 0.3) is 0 Å². The zero-order valence-corrected chi connectivity index (χ0v) is 11.8. The summed E-state index contributed by atoms with van der Waals surface area (Å²) in [4.78, 5) is 0. The minimum atomic E-state index is -0.822. The van der Waals surface area contributed by atoms with E-state index in [1.54, 1.807) is 6.07 Å². The van der Waals surface area contributed by atoms with Crippen LogP contribution < -0.4 is 0 Å². The SMILES string of the molecule is Fc1ccc(CC(Cl)c2ccc3c(c2)CCC3)cc1F. The lowest BCUT2D eigenvalue weighted by atomic mass is 10.00. The summed E-state index contributed by atoms with van der Waals surface area (Å²) in [5, 5.41) is -0.217. The molecule has 0 saturated heterocycles. The molecule has 0 heterocycles. The van der Waals surface area contributed by atoms with Gasteiger partial charge in [0.25, 0.3) is 0 Å². The van der Waals surface area contributed by atoms with Gasteiger partial charge < -0.3 is 0 Å². The molecular weight excluding hydrogens is 278 g/mol. The molecule has 2 aromatic carbocycles. The van der Waals surface area contributed by atoms with Crippen molar-refractivity contribution in [1.82, 2.24) is 0 Å². The fraction of sp³-hybridized carbons (Fsp3) is 0.294. The molecule has 0 radical (unpaired) electrons. The van der Waals surface area contributed by atoms with Crippen LogP contribution in [0.15, 0.2) is 36.4 Å². The number of fused-ring (bicyclic) bond motifs is 1. The number of halogens is 3. The van der Waals surface area contributed by atoms with Gasteiger partial charge in [0.15, 0.2) is 11.6 Å². The highest BCUT2D eigenvalue weighted by atomic mass is 35.5. The van der Waals surface area contributed by atoms with Crippen molar-refractivity contribution >= 4 is 11.6 Å². The second kappa shape index (κ2) is 5.53. The van der Waals surface area contributed by atoms with Crippen LogP contribution in [-0.4, -0.2) is 0 Å². The lowest BCUT2D eigenvalue weighted by molar-refractivity contribution is 0.507. The molecule has 0 bridgehead atoms. The molecule has 1 aliphatic carbocycles. The second-order valence-corrected chi connectivity index (χ2v) is 5.83. The Morgan fingerprint density at radius 1 is 0.950 bits per heavy atom. The average molecular weight is 293 g/mol. The van der Waals surface area contributed by atoms with Gasteiger partial charge in [-0.1, -0.05) is 24.3 Å². The predicted molar refractivity (Wildman–Crippen MR) is 77.1 cm³/mol. The first-order valence-corrected chi connectivity index (χ1v) is 7.27. The van der Waals surface area contributed by atoms with Gasteiger partial charge in [0.05, 0.1) is 5.38 Å². The molecule has 1 aliphatic rings. The fourth-order valence-electron chi connectivity index (χ4n) is 2.78. The Kier molecular flexibility index (Phi) is 3.75. The van der Waals surface area contributed by atoms with Crippen molar-refractivity contribution in [2.75, 3.05) is 0 Å². The standard InChI is InChI=1S/C17H15ClF2/c18-15(8-11-4-7-16(19)17(20)9-11)14-6-5-12-2-1-3-13(12)10-14/h4-7,9-10,15H,1-3,8H2. The van der Waals surface area contributed by atoms with Gasteiger partial charge in [-0.05, 0) is 60.1 Å². The van der Waals surface area contributed by atoms with Gasteiger partial charge in [-0.2, -0.15) is 0 Å². The first kappa shape index (κ1) is 13.6. The molecule has 0 aliphatic heterocycles. The van der Waals surface area contributed by atoms with E-state index in [1.165, 1.54) is 23.6 Å². The molecule has 0 N–H and O–H groups in total. The minimum absolute atomic E-state index is 0.217. The lowest BCUT2D eigenvalue weighted by Gasteiger charge is -2.12. The first-order valence-electron chi connectivity index (χ1n) is 6.83. The van der Waals surface area contributed by atoms with Gasteiger partial charge in [0.1, 0.15) is 0 Å². The average Bonchev–Trinajstić information content (AvgIpc) is 2.90. The van der Waals surface area contributed by atoms with Crippen molar-refractivity contribution in [3.8, 4) is 0 Å². The van der Waals surface area contributed by atoms with Gasteiger partial charge in [-0.25, -0.2) is 8.78 Å². The molecular formula is C17H15ClF2. The Balaban J connectivity index is 1.78. The van der Waals surface area contributed by atoms with Crippen LogP contribution in [0.2, 0.25) is 0 Å². The molecule has 0 fully saturated rings. The van der Waals surface area contributed by atoms with Gasteiger partial charge in [-0.15, -0.1) is 11.6 Å². The van der Waals surface area contributed by atoms with E-state index in [0.29, 0.717) is 12.0 Å². The maximum absolute atomic E-state index is 13.2. The molecule has 1 atom stereocenters. The number of hydrogen-bond acceptors (Lipinski definition) is 0. The summed E-state index contributed by atoms with van der Waals surface area (Å²) >= 11 is 6.42. The van der Waals surface area contributed by atoms with E-state index >= 15 is 0 Å². The fourth-order valence-corrected chi connectivity index (χ4v) is 3.09. The molecule has 1 unspecified atom stereocenters. The first-order chi connectivity index (χ1) is 9.63. The third-order valence-electron chi connectivity index (χ3n) is 3.88. The summed E-state index contributed by atoms with van der Waals surface area (Å²) in [6, 6.07) is 10.3. The van der Waals surface area contributed by atoms with E-state index in [0.717, 1.165) is 24.5 Å². The number of alkyl halides is 1. The van der Waals surface area contributed by atoms with E-state index < -0.39 is 11.6 Å². The van der Waals surface area contributed by atoms with E-state index in [-0.39, 0.29) is 5.38 Å². The highest BCUT2D eigenvalue weighted by molar-refractivity contribution is 6.20. The number of rotatable bonds is 3. The Labute approximate surface area is 122 Å². The summed E-state index contributed by atoms with van der Waals surface area (Å²) in [6.45, 7) is 0. The Morgan fingerprint density at radius 3 is 2.55 bits per heavy atom. The van der Waals surface area contributed by atoms with Crippen LogP contribution in [0, 0.1) is 11.6 Å². The molecule has 0 aromatic heterocycles. The summed E-state index contributed by atoms with van der Waals surface area (Å²) in [5.41, 5.74) is 4.55. The van der Waals surface area contributed by atoms with Crippen LogP contribution in [-0.2, 0) is 19.3 Å². The largest absolute Gasteiger partial charge is 0.204 e. The third kappa shape index (κ3) is 2.71. The molecule has 3 heteroatoms. The van der Waals surface area contributed by atoms with Crippen molar-refractivity contribution in [1.29, 1.82) is 0 Å². The van der Waals surface area contributed by atoms with Crippen LogP contribution in [0.5, 0.6) is 0 Å². The molecule has 3 rings (SSSR count). The molecule has 0 amide bonds. The number of benzene rings is 2. The van der Waals surface area contributed by atoms with E-state index in [1.807, 2.05) is 6.07 Å². The molecule has 104 valence electrons. The smallest absolute Gasteiger partial charge is 0.159 e. The van der Waals surface area contributed by atoms with Crippen LogP contribution in [0.1, 0.15) is 34.1 Å². The molecule has 0 saturated carbocycles. The highest BCUT2D eigenvalue weighted by Crippen LogP contribution is 2.30. The van der Waals surface area contributed by atoms with Crippen LogP contribution in [0.3, 0.4) is 0 Å². The number of hydrogen-bond donors (Lipinski definition) is 0. The molecule has 2 aromatic rings. The van der Waals surface area contributed by atoms with Gasteiger partial charge in [0.2, 0.25) is 0 Å². The second-order valence-electron chi connectivity index (χ2n) is 5.30. The van der Waals surface area contributed by atoms with E-state index in [4.69, 9.17) is 11.6 Å². The maximum atomic E-state index is 13.2. The molecule has 0 nitrogen and oxygen atoms in total. The summed E-state index contributed by atoms with van der Waals surface area (Å²) < 4.78 is 26.1. The summed E-state index contributed by atoms with van der Waals surface area (Å²) in [6.07, 6.45) is 3.95. The molecule has 20 heavy (non-hydrogen) atoms. The highest BCUT2D eigenvalue weighted by Gasteiger charge is 2.15. The van der Waals surface area contributed by atoms with Crippen molar-refractivity contribution in [2.24, 2.45) is 0 Å². The number of aryl methyl sites for hydroxylation is 2. The topological polar surface area (TPSA) is 0 Å². The molecule has 0 spiro atoms. The van der Waals surface area contributed by atoms with Crippen molar-refractivity contribution in [2.45, 2.75) is 31.1 Å². The van der Waals surface area contributed by atoms with Crippen molar-refractivity contribution in [3.63, 3.8) is 0 Å². The minimum Gasteiger partial charge on any atom is -0.204 e. The maximum Gasteiger partial charge on any atom is 0.159 e. The summed E-state index contributed by atoms with van der Waals surface area (Å²) in [7, 11) is 0. The van der Waals surface area contributed by atoms with Crippen LogP contribution >= 0.6 is 11.6 Å². The van der Waals surface area contributed by atoms with Gasteiger partial charge in [0, 0.05) is 0 Å². The lowest BCUT2D eigenvalue weighted by Crippen LogP contribution is -1.98. The Hall–Kier alpha value is -1.41. The zero-order chi connectivity index (χ0) is 14.1. The zero-order valence-electron chi connectivity index (χ0n) is 11.0. The Morgan fingerprint density at radius 2 is 1.75 bits per heavy atom.